The number of rotatable bonds is 4. The molecule has 1 aromatic rings. The molecule has 0 spiro atoms. The van der Waals surface area contributed by atoms with Gasteiger partial charge in [-0.2, -0.15) is 0 Å². The van der Waals surface area contributed by atoms with E-state index in [1.54, 1.807) is 6.92 Å². The van der Waals surface area contributed by atoms with Crippen molar-refractivity contribution in [3.63, 3.8) is 0 Å². The van der Waals surface area contributed by atoms with E-state index < -0.39 is 17.1 Å². The smallest absolute Gasteiger partial charge is 0.407 e. The number of hydrogen-bond acceptors (Lipinski definition) is 5. The number of amides is 1. The molecule has 0 aliphatic carbocycles. The van der Waals surface area contributed by atoms with E-state index in [-0.39, 0.29) is 22.1 Å². The van der Waals surface area contributed by atoms with Crippen molar-refractivity contribution >= 4 is 40.4 Å². The molecule has 9 heteroatoms. The molecule has 4 N–H and O–H groups in total. The predicted octanol–water partition coefficient (Wildman–Crippen LogP) is 1.91. The second-order valence-electron chi connectivity index (χ2n) is 4.09. The van der Waals surface area contributed by atoms with Crippen molar-refractivity contribution in [1.29, 1.82) is 0 Å². The number of nitro benzene ring substituents is 1. The molecule has 20 heavy (non-hydrogen) atoms. The molecule has 0 fully saturated rings. The van der Waals surface area contributed by atoms with Crippen LogP contribution in [0.5, 0.6) is 0 Å². The zero-order valence-corrected chi connectivity index (χ0v) is 11.7. The van der Waals surface area contributed by atoms with Gasteiger partial charge in [-0.15, -0.1) is 0 Å². The Hall–Kier alpha value is -2.42. The Balaban J connectivity index is 2.93. The van der Waals surface area contributed by atoms with Gasteiger partial charge in [-0.05, 0) is 13.0 Å². The van der Waals surface area contributed by atoms with E-state index in [4.69, 9.17) is 23.1 Å². The fourth-order valence-electron chi connectivity index (χ4n) is 1.34. The molecule has 0 aromatic heterocycles. The summed E-state index contributed by atoms with van der Waals surface area (Å²) in [4.78, 5) is 22.2. The van der Waals surface area contributed by atoms with Crippen LogP contribution in [0.1, 0.15) is 6.92 Å². The number of nitrogens with two attached hydrogens (primary N) is 1. The van der Waals surface area contributed by atoms with Gasteiger partial charge in [0.15, 0.2) is 0 Å². The van der Waals surface area contributed by atoms with E-state index in [1.807, 2.05) is 0 Å². The third-order valence-corrected chi connectivity index (χ3v) is 3.21. The van der Waals surface area contributed by atoms with Gasteiger partial charge < -0.3 is 21.1 Å². The van der Waals surface area contributed by atoms with Gasteiger partial charge in [0.25, 0.3) is 5.69 Å². The number of likely N-dealkylation sites (N-methyl/N-ethyl adjacent to an activating group) is 1. The van der Waals surface area contributed by atoms with Crippen LogP contribution in [-0.2, 0) is 0 Å². The van der Waals surface area contributed by atoms with Gasteiger partial charge in [-0.25, -0.2) is 4.79 Å². The number of non-ortho nitro benzene ring substituents is 1. The summed E-state index contributed by atoms with van der Waals surface area (Å²) in [6.07, 6.45) is -1.13. The molecule has 1 unspecified atom stereocenters. The molecule has 0 radical (unpaired) electrons. The van der Waals surface area contributed by atoms with Crippen LogP contribution in [0.4, 0.5) is 21.9 Å². The van der Waals surface area contributed by atoms with Gasteiger partial charge in [0, 0.05) is 19.2 Å². The average Bonchev–Trinajstić information content (AvgIpc) is 2.38. The molecule has 0 heterocycles. The number of nitrogens with one attached hydrogen (secondary N) is 1. The van der Waals surface area contributed by atoms with Crippen molar-refractivity contribution in [3.8, 4) is 0 Å². The fourth-order valence-corrected chi connectivity index (χ4v) is 1.61. The van der Waals surface area contributed by atoms with E-state index in [2.05, 4.69) is 5.32 Å². The maximum Gasteiger partial charge on any atom is 0.407 e. The van der Waals surface area contributed by atoms with Crippen molar-refractivity contribution in [3.05, 3.63) is 28.3 Å². The molecule has 8 nitrogen and oxygen atoms in total. The van der Waals surface area contributed by atoms with Crippen LogP contribution in [0.2, 0.25) is 0 Å². The van der Waals surface area contributed by atoms with Gasteiger partial charge in [0.1, 0.15) is 4.99 Å². The summed E-state index contributed by atoms with van der Waals surface area (Å²) < 4.78 is 0. The summed E-state index contributed by atoms with van der Waals surface area (Å²) in [6, 6.07) is 3.31. The summed E-state index contributed by atoms with van der Waals surface area (Å²) in [6.45, 7) is 1.59. The van der Waals surface area contributed by atoms with Gasteiger partial charge in [-0.1, -0.05) is 12.2 Å². The Morgan fingerprint density at radius 2 is 2.20 bits per heavy atom. The van der Waals surface area contributed by atoms with Gasteiger partial charge in [0.05, 0.1) is 22.3 Å². The molecule has 0 aliphatic heterocycles. The highest BCUT2D eigenvalue weighted by Gasteiger charge is 2.20. The fraction of sp³-hybridized carbons (Fsp3) is 0.273. The Morgan fingerprint density at radius 3 is 2.70 bits per heavy atom. The highest BCUT2D eigenvalue weighted by molar-refractivity contribution is 7.80. The Kier molecular flexibility index (Phi) is 4.81. The normalized spacial score (nSPS) is 11.5. The summed E-state index contributed by atoms with van der Waals surface area (Å²) in [5.74, 6) is 0. The molecule has 1 atom stereocenters. The maximum atomic E-state index is 10.8. The number of thiocarbonyl (C=S) groups is 1. The number of nitrogen functional groups attached to an aromatic ring is 1. The number of nitro groups is 1. The number of anilines is 2. The van der Waals surface area contributed by atoms with Crippen molar-refractivity contribution in [2.75, 3.05) is 18.1 Å². The van der Waals surface area contributed by atoms with Crippen LogP contribution in [0.3, 0.4) is 0 Å². The van der Waals surface area contributed by atoms with E-state index in [0.29, 0.717) is 0 Å². The number of nitrogens with zero attached hydrogens (tertiary/aromatic N) is 2. The first-order valence-corrected chi connectivity index (χ1v) is 5.95. The molecule has 1 rings (SSSR count). The lowest BCUT2D eigenvalue weighted by molar-refractivity contribution is -0.384. The lowest BCUT2D eigenvalue weighted by atomic mass is 10.2. The summed E-state index contributed by atoms with van der Waals surface area (Å²) in [7, 11) is 1.37. The second kappa shape index (κ2) is 6.15. The average molecular weight is 298 g/mol. The number of carboxylic acid groups (broad SMARTS) is 1. The van der Waals surface area contributed by atoms with Gasteiger partial charge >= 0.3 is 6.09 Å². The van der Waals surface area contributed by atoms with Crippen LogP contribution in [0.15, 0.2) is 18.2 Å². The van der Waals surface area contributed by atoms with E-state index in [0.717, 1.165) is 4.90 Å². The molecule has 1 amide bonds. The minimum absolute atomic E-state index is 0.135. The monoisotopic (exact) mass is 298 g/mol. The summed E-state index contributed by atoms with van der Waals surface area (Å²) in [5, 5.41) is 22.3. The van der Waals surface area contributed by atoms with E-state index >= 15 is 0 Å². The highest BCUT2D eigenvalue weighted by atomic mass is 32.1. The Labute approximate surface area is 120 Å². The molecule has 1 aromatic carbocycles. The molecule has 108 valence electrons. The predicted molar refractivity (Wildman–Crippen MR) is 79.0 cm³/mol. The van der Waals surface area contributed by atoms with Crippen LogP contribution < -0.4 is 11.1 Å². The Morgan fingerprint density at radius 1 is 1.60 bits per heavy atom. The third-order valence-electron chi connectivity index (χ3n) is 2.77. The molecule has 0 bridgehead atoms. The van der Waals surface area contributed by atoms with Crippen LogP contribution >= 0.6 is 12.2 Å². The molecular formula is C11H14N4O4S. The van der Waals surface area contributed by atoms with Crippen LogP contribution in [0, 0.1) is 10.1 Å². The largest absolute Gasteiger partial charge is 0.465 e. The summed E-state index contributed by atoms with van der Waals surface area (Å²) >= 11 is 5.08. The SMILES string of the molecule is CC(C(=S)Nc1cc([N+](=O)[O-])ccc1N)N(C)C(=O)O. The first-order valence-electron chi connectivity index (χ1n) is 5.54. The summed E-state index contributed by atoms with van der Waals surface area (Å²) in [5.41, 5.74) is 6.12. The van der Waals surface area contributed by atoms with Gasteiger partial charge in [0.2, 0.25) is 0 Å². The first-order chi connectivity index (χ1) is 9.23. The lowest BCUT2D eigenvalue weighted by Crippen LogP contribution is -2.41. The highest BCUT2D eigenvalue weighted by Crippen LogP contribution is 2.24. The third kappa shape index (κ3) is 3.54. The topological polar surface area (TPSA) is 122 Å². The maximum absolute atomic E-state index is 10.8. The standard InChI is InChI=1S/C11H14N4O4S/c1-6(14(2)11(16)17)10(20)13-9-5-7(15(18)19)3-4-8(9)12/h3-6H,12H2,1-2H3,(H,13,20)(H,16,17). The molecule has 0 aliphatic rings. The molecule has 0 saturated heterocycles. The quantitative estimate of drug-likeness (QED) is 0.336. The molecule has 0 saturated carbocycles. The first kappa shape index (κ1) is 15.6. The van der Waals surface area contributed by atoms with E-state index in [9.17, 15) is 14.9 Å². The van der Waals surface area contributed by atoms with Crippen LogP contribution in [0.25, 0.3) is 0 Å². The van der Waals surface area contributed by atoms with Crippen molar-refractivity contribution in [2.45, 2.75) is 13.0 Å². The minimum Gasteiger partial charge on any atom is -0.465 e. The second-order valence-corrected chi connectivity index (χ2v) is 4.53. The number of benzene rings is 1. The number of carbonyl (C=O) groups is 1. The van der Waals surface area contributed by atoms with Crippen molar-refractivity contribution in [1.82, 2.24) is 4.90 Å². The van der Waals surface area contributed by atoms with Crippen molar-refractivity contribution in [2.24, 2.45) is 0 Å². The lowest BCUT2D eigenvalue weighted by Gasteiger charge is -2.23. The number of hydrogen-bond donors (Lipinski definition) is 3. The van der Waals surface area contributed by atoms with Gasteiger partial charge in [-0.3, -0.25) is 10.1 Å². The minimum atomic E-state index is -1.13. The zero-order valence-electron chi connectivity index (χ0n) is 10.9. The van der Waals surface area contributed by atoms with Crippen molar-refractivity contribution < 1.29 is 14.8 Å². The molecular weight excluding hydrogens is 284 g/mol. The zero-order chi connectivity index (χ0) is 15.4. The van der Waals surface area contributed by atoms with Crippen LogP contribution in [-0.4, -0.2) is 39.1 Å². The van der Waals surface area contributed by atoms with E-state index in [1.165, 1.54) is 25.2 Å². The Bertz CT molecular complexity index is 563.